The molecule has 4 nitrogen and oxygen atoms in total. The molecule has 1 aliphatic rings. The number of nitrogens with zero attached hydrogens (tertiary/aromatic N) is 2. The van der Waals surface area contributed by atoms with Crippen LogP contribution in [-0.4, -0.2) is 33.4 Å². The first-order valence-corrected chi connectivity index (χ1v) is 7.37. The fourth-order valence-electron chi connectivity index (χ4n) is 2.80. The topological polar surface area (TPSA) is 59.2 Å². The number of amides is 1. The molecule has 0 aliphatic carbocycles. The highest BCUT2D eigenvalue weighted by atomic mass is 32.1. The third kappa shape index (κ3) is 2.98. The van der Waals surface area contributed by atoms with Crippen LogP contribution in [0.1, 0.15) is 43.2 Å². The number of aromatic nitrogens is 1. The zero-order valence-corrected chi connectivity index (χ0v) is 13.0. The fraction of sp³-hybridized carbons (Fsp3) is 0.533. The predicted molar refractivity (Wildman–Crippen MR) is 83.6 cm³/mol. The highest BCUT2D eigenvalue weighted by Gasteiger charge is 2.32. The van der Waals surface area contributed by atoms with E-state index in [0.29, 0.717) is 28.1 Å². The molecule has 3 atom stereocenters. The Morgan fingerprint density at radius 1 is 1.40 bits per heavy atom. The summed E-state index contributed by atoms with van der Waals surface area (Å²) in [5.41, 5.74) is 6.68. The number of thiocarbonyl (C=S) groups is 1. The van der Waals surface area contributed by atoms with Gasteiger partial charge in [-0.1, -0.05) is 26.1 Å². The van der Waals surface area contributed by atoms with Crippen LogP contribution in [0.5, 0.6) is 0 Å². The zero-order valence-electron chi connectivity index (χ0n) is 12.2. The van der Waals surface area contributed by atoms with E-state index in [9.17, 15) is 4.79 Å². The molecule has 3 unspecified atom stereocenters. The lowest BCUT2D eigenvalue weighted by atomic mass is 9.86. The van der Waals surface area contributed by atoms with Crippen molar-refractivity contribution < 1.29 is 4.79 Å². The predicted octanol–water partition coefficient (Wildman–Crippen LogP) is 2.22. The molecule has 1 saturated heterocycles. The van der Waals surface area contributed by atoms with Gasteiger partial charge in [0.1, 0.15) is 10.7 Å². The van der Waals surface area contributed by atoms with Gasteiger partial charge >= 0.3 is 0 Å². The molecule has 1 fully saturated rings. The second kappa shape index (κ2) is 5.87. The summed E-state index contributed by atoms with van der Waals surface area (Å²) in [5.74, 6) is 1.03. The first-order chi connectivity index (χ1) is 9.40. The number of hydrogen-bond donors (Lipinski definition) is 1. The average molecular weight is 291 g/mol. The Morgan fingerprint density at radius 2 is 2.10 bits per heavy atom. The number of piperidine rings is 1. The Bertz CT molecular complexity index is 514. The molecule has 2 N–H and O–H groups in total. The van der Waals surface area contributed by atoms with Gasteiger partial charge in [0.05, 0.1) is 0 Å². The highest BCUT2D eigenvalue weighted by Crippen LogP contribution is 2.27. The molecule has 1 aromatic heterocycles. The minimum atomic E-state index is -0.00890. The Hall–Kier alpha value is -1.49. The molecule has 0 saturated carbocycles. The van der Waals surface area contributed by atoms with Crippen molar-refractivity contribution in [1.82, 2.24) is 9.88 Å². The number of carbonyl (C=O) groups excluding carboxylic acids is 1. The SMILES string of the molecule is CC1CC(C)C(C)N(C(=O)c2ccc(C(N)=S)cn2)C1. The lowest BCUT2D eigenvalue weighted by Crippen LogP contribution is -2.49. The molecule has 1 aliphatic heterocycles. The molecule has 20 heavy (non-hydrogen) atoms. The highest BCUT2D eigenvalue weighted by molar-refractivity contribution is 7.80. The van der Waals surface area contributed by atoms with Gasteiger partial charge in [0.25, 0.3) is 5.91 Å². The van der Waals surface area contributed by atoms with Gasteiger partial charge in [-0.25, -0.2) is 0 Å². The van der Waals surface area contributed by atoms with Crippen molar-refractivity contribution in [3.8, 4) is 0 Å². The quantitative estimate of drug-likeness (QED) is 0.849. The molecular weight excluding hydrogens is 270 g/mol. The Kier molecular flexibility index (Phi) is 4.38. The number of pyridine rings is 1. The molecule has 1 aromatic rings. The molecular formula is C15H21N3OS. The van der Waals surface area contributed by atoms with Gasteiger partial charge in [-0.2, -0.15) is 0 Å². The van der Waals surface area contributed by atoms with E-state index in [0.717, 1.165) is 6.54 Å². The summed E-state index contributed by atoms with van der Waals surface area (Å²) < 4.78 is 0. The normalized spacial score (nSPS) is 26.4. The summed E-state index contributed by atoms with van der Waals surface area (Å²) >= 11 is 4.89. The van der Waals surface area contributed by atoms with E-state index in [4.69, 9.17) is 18.0 Å². The molecule has 0 aromatic carbocycles. The number of nitrogens with two attached hydrogens (primary N) is 1. The van der Waals surface area contributed by atoms with Crippen LogP contribution >= 0.6 is 12.2 Å². The summed E-state index contributed by atoms with van der Waals surface area (Å²) in [6, 6.07) is 3.70. The monoisotopic (exact) mass is 291 g/mol. The average Bonchev–Trinajstić information content (AvgIpc) is 2.42. The summed E-state index contributed by atoms with van der Waals surface area (Å²) in [5, 5.41) is 0. The summed E-state index contributed by atoms with van der Waals surface area (Å²) in [6.07, 6.45) is 2.73. The van der Waals surface area contributed by atoms with Crippen molar-refractivity contribution in [2.75, 3.05) is 6.54 Å². The molecule has 1 amide bonds. The minimum absolute atomic E-state index is 0.00890. The van der Waals surface area contributed by atoms with E-state index >= 15 is 0 Å². The van der Waals surface area contributed by atoms with Crippen LogP contribution in [0.4, 0.5) is 0 Å². The first-order valence-electron chi connectivity index (χ1n) is 6.97. The molecule has 5 heteroatoms. The zero-order chi connectivity index (χ0) is 14.9. The van der Waals surface area contributed by atoms with Gasteiger partial charge in [-0.05, 0) is 37.3 Å². The molecule has 0 radical (unpaired) electrons. The van der Waals surface area contributed by atoms with Gasteiger partial charge in [-0.15, -0.1) is 0 Å². The fourth-order valence-corrected chi connectivity index (χ4v) is 2.92. The Balaban J connectivity index is 2.19. The largest absolute Gasteiger partial charge is 0.389 e. The second-order valence-electron chi connectivity index (χ2n) is 5.81. The summed E-state index contributed by atoms with van der Waals surface area (Å²) in [7, 11) is 0. The van der Waals surface area contributed by atoms with Gasteiger partial charge in [0, 0.05) is 24.3 Å². The number of rotatable bonds is 2. The van der Waals surface area contributed by atoms with E-state index in [-0.39, 0.29) is 11.9 Å². The Morgan fingerprint density at radius 3 is 2.65 bits per heavy atom. The standard InChI is InChI=1S/C15H21N3OS/c1-9-6-10(2)11(3)18(8-9)15(19)13-5-4-12(7-17-13)14(16)20/h4-5,7,9-11H,6,8H2,1-3H3,(H2,16,20). The minimum Gasteiger partial charge on any atom is -0.389 e. The summed E-state index contributed by atoms with van der Waals surface area (Å²) in [6.45, 7) is 7.29. The van der Waals surface area contributed by atoms with Gasteiger partial charge < -0.3 is 10.6 Å². The van der Waals surface area contributed by atoms with Crippen molar-refractivity contribution in [3.05, 3.63) is 29.6 Å². The van der Waals surface area contributed by atoms with E-state index < -0.39 is 0 Å². The number of carbonyl (C=O) groups is 1. The van der Waals surface area contributed by atoms with E-state index in [1.165, 1.54) is 6.42 Å². The van der Waals surface area contributed by atoms with Crippen molar-refractivity contribution in [1.29, 1.82) is 0 Å². The van der Waals surface area contributed by atoms with Crippen molar-refractivity contribution in [2.24, 2.45) is 17.6 Å². The van der Waals surface area contributed by atoms with E-state index in [1.807, 2.05) is 4.90 Å². The van der Waals surface area contributed by atoms with Gasteiger partial charge in [-0.3, -0.25) is 9.78 Å². The molecule has 0 bridgehead atoms. The lowest BCUT2D eigenvalue weighted by Gasteiger charge is -2.40. The maximum Gasteiger partial charge on any atom is 0.272 e. The maximum atomic E-state index is 12.6. The maximum absolute atomic E-state index is 12.6. The Labute approximate surface area is 125 Å². The van der Waals surface area contributed by atoms with Crippen LogP contribution in [-0.2, 0) is 0 Å². The lowest BCUT2D eigenvalue weighted by molar-refractivity contribution is 0.0450. The summed E-state index contributed by atoms with van der Waals surface area (Å²) in [4.78, 5) is 19.0. The smallest absolute Gasteiger partial charge is 0.272 e. The van der Waals surface area contributed by atoms with Crippen LogP contribution in [0.25, 0.3) is 0 Å². The second-order valence-corrected chi connectivity index (χ2v) is 6.25. The van der Waals surface area contributed by atoms with E-state index in [2.05, 4.69) is 25.8 Å². The molecule has 108 valence electrons. The van der Waals surface area contributed by atoms with Crippen molar-refractivity contribution in [2.45, 2.75) is 33.2 Å². The van der Waals surface area contributed by atoms with Crippen LogP contribution in [0.3, 0.4) is 0 Å². The molecule has 2 heterocycles. The third-order valence-electron chi connectivity index (χ3n) is 4.13. The molecule has 2 rings (SSSR count). The third-order valence-corrected chi connectivity index (χ3v) is 4.36. The van der Waals surface area contributed by atoms with Gasteiger partial charge in [0.15, 0.2) is 0 Å². The van der Waals surface area contributed by atoms with Crippen LogP contribution in [0.15, 0.2) is 18.3 Å². The van der Waals surface area contributed by atoms with Crippen LogP contribution < -0.4 is 5.73 Å². The molecule has 0 spiro atoms. The van der Waals surface area contributed by atoms with Crippen molar-refractivity contribution >= 4 is 23.1 Å². The first kappa shape index (κ1) is 14.9. The van der Waals surface area contributed by atoms with Crippen molar-refractivity contribution in [3.63, 3.8) is 0 Å². The number of likely N-dealkylation sites (tertiary alicyclic amines) is 1. The van der Waals surface area contributed by atoms with E-state index in [1.54, 1.807) is 18.3 Å². The van der Waals surface area contributed by atoms with Crippen LogP contribution in [0.2, 0.25) is 0 Å². The van der Waals surface area contributed by atoms with Gasteiger partial charge in [0.2, 0.25) is 0 Å². The van der Waals surface area contributed by atoms with Crippen LogP contribution in [0, 0.1) is 11.8 Å². The number of hydrogen-bond acceptors (Lipinski definition) is 3.